The molecule has 0 spiro atoms. The van der Waals surface area contributed by atoms with E-state index in [1.807, 2.05) is 6.07 Å². The third-order valence-corrected chi connectivity index (χ3v) is 4.64. The van der Waals surface area contributed by atoms with Gasteiger partial charge in [0.25, 0.3) is 0 Å². The van der Waals surface area contributed by atoms with Crippen LogP contribution in [0.4, 0.5) is 0 Å². The van der Waals surface area contributed by atoms with E-state index in [0.717, 1.165) is 5.02 Å². The van der Waals surface area contributed by atoms with Crippen molar-refractivity contribution in [2.24, 2.45) is 0 Å². The fourth-order valence-corrected chi connectivity index (χ4v) is 3.62. The molecule has 0 nitrogen and oxygen atoms in total. The van der Waals surface area contributed by atoms with Crippen LogP contribution < -0.4 is 0 Å². The predicted octanol–water partition coefficient (Wildman–Crippen LogP) is 3.92. The molecule has 3 heteroatoms. The number of halogens is 1. The van der Waals surface area contributed by atoms with Crippen LogP contribution in [0.1, 0.15) is 5.56 Å². The molecule has 0 unspecified atom stereocenters. The minimum atomic E-state index is 0.893. The molecule has 0 fully saturated rings. The van der Waals surface area contributed by atoms with Crippen molar-refractivity contribution in [1.29, 1.82) is 0 Å². The van der Waals surface area contributed by atoms with Gasteiger partial charge in [-0.05, 0) is 18.6 Å². The molecule has 0 radical (unpaired) electrons. The Bertz CT molecular complexity index is 323. The average Bonchev–Trinajstić information content (AvgIpc) is 1.78. The predicted molar refractivity (Wildman–Crippen MR) is 49.4 cm³/mol. The third-order valence-electron chi connectivity index (χ3n) is 1.47. The topological polar surface area (TPSA) is 0 Å². The molecule has 0 atom stereocenters. The quantitative estimate of drug-likeness (QED) is 0.550. The van der Waals surface area contributed by atoms with Crippen molar-refractivity contribution in [1.82, 2.24) is 0 Å². The van der Waals surface area contributed by atoms with E-state index in [2.05, 4.69) is 13.0 Å². The van der Waals surface area contributed by atoms with Gasteiger partial charge in [-0.25, -0.2) is 0 Å². The zero-order valence-electron chi connectivity index (χ0n) is 5.35. The molecule has 1 heterocycles. The summed E-state index contributed by atoms with van der Waals surface area (Å²) in [6.45, 7) is 2.11. The molecule has 0 bridgehead atoms. The van der Waals surface area contributed by atoms with Gasteiger partial charge in [0.1, 0.15) is 0 Å². The van der Waals surface area contributed by atoms with Crippen molar-refractivity contribution in [3.8, 4) is 0 Å². The highest BCUT2D eigenvalue weighted by Crippen LogP contribution is 2.39. The summed E-state index contributed by atoms with van der Waals surface area (Å²) in [5, 5.41) is 0.893. The molecule has 0 amide bonds. The summed E-state index contributed by atoms with van der Waals surface area (Å²) in [6, 6.07) is 4.02. The molecular weight excluding hydrogens is 184 g/mol. The largest absolute Gasteiger partial charge is 0.0827 e. The normalized spacial score (nSPS) is 11.0. The first-order chi connectivity index (χ1) is 4.79. The zero-order valence-corrected chi connectivity index (χ0v) is 7.74. The summed E-state index contributed by atoms with van der Waals surface area (Å²) >= 11 is 5.90. The van der Waals surface area contributed by atoms with Gasteiger partial charge in [0.15, 0.2) is 0 Å². The number of aryl methyl sites for hydroxylation is 1. The van der Waals surface area contributed by atoms with Gasteiger partial charge in [0.05, 0.1) is 14.4 Å². The van der Waals surface area contributed by atoms with Gasteiger partial charge in [-0.3, -0.25) is 0 Å². The summed E-state index contributed by atoms with van der Waals surface area (Å²) in [4.78, 5) is 0. The van der Waals surface area contributed by atoms with Crippen LogP contribution in [0.5, 0.6) is 0 Å². The van der Waals surface area contributed by atoms with Gasteiger partial charge in [-0.2, -0.15) is 0 Å². The molecule has 10 heavy (non-hydrogen) atoms. The van der Waals surface area contributed by atoms with Crippen molar-refractivity contribution < 1.29 is 0 Å². The van der Waals surface area contributed by atoms with Crippen LogP contribution in [0.3, 0.4) is 0 Å². The number of hydrogen-bond donors (Lipinski definition) is 0. The van der Waals surface area contributed by atoms with E-state index in [-0.39, 0.29) is 0 Å². The Morgan fingerprint density at radius 3 is 2.40 bits per heavy atom. The first-order valence-corrected chi connectivity index (χ1v) is 5.45. The molecule has 0 aliphatic carbocycles. The van der Waals surface area contributed by atoms with Gasteiger partial charge in [0, 0.05) is 0 Å². The first-order valence-electron chi connectivity index (χ1n) is 2.92. The maximum absolute atomic E-state index is 5.90. The second-order valence-corrected chi connectivity index (χ2v) is 4.75. The van der Waals surface area contributed by atoms with Crippen molar-refractivity contribution in [2.75, 3.05) is 0 Å². The van der Waals surface area contributed by atoms with Crippen LogP contribution in [-0.2, 0) is 0 Å². The number of benzene rings is 1. The maximum atomic E-state index is 5.90. The molecule has 0 N–H and O–H groups in total. The highest BCUT2D eigenvalue weighted by atomic mass is 35.5. The molecule has 2 rings (SSSR count). The molecule has 0 saturated carbocycles. The lowest BCUT2D eigenvalue weighted by Crippen LogP contribution is -1.75. The summed E-state index contributed by atoms with van der Waals surface area (Å²) in [6.07, 6.45) is 0. The van der Waals surface area contributed by atoms with Crippen molar-refractivity contribution in [3.05, 3.63) is 22.7 Å². The lowest BCUT2D eigenvalue weighted by atomic mass is 10.2. The fourth-order valence-electron chi connectivity index (χ4n) is 0.868. The SMILES string of the molecule is Cc1ccc(Cl)c2ssc12. The molecule has 52 valence electrons. The van der Waals surface area contributed by atoms with Gasteiger partial charge in [-0.1, -0.05) is 38.3 Å². The van der Waals surface area contributed by atoms with E-state index in [1.54, 1.807) is 20.7 Å². The van der Waals surface area contributed by atoms with Crippen LogP contribution in [0.2, 0.25) is 5.02 Å². The van der Waals surface area contributed by atoms with E-state index >= 15 is 0 Å². The van der Waals surface area contributed by atoms with Crippen LogP contribution in [0, 0.1) is 6.92 Å². The smallest absolute Gasteiger partial charge is 0.0746 e. The minimum absolute atomic E-state index is 0.893. The highest BCUT2D eigenvalue weighted by molar-refractivity contribution is 7.78. The highest BCUT2D eigenvalue weighted by Gasteiger charge is 2.05. The van der Waals surface area contributed by atoms with Crippen LogP contribution in [0.15, 0.2) is 12.1 Å². The second-order valence-electron chi connectivity index (χ2n) is 2.19. The summed E-state index contributed by atoms with van der Waals surface area (Å²) in [5.74, 6) is 0. The molecule has 1 aromatic heterocycles. The van der Waals surface area contributed by atoms with Gasteiger partial charge in [-0.15, -0.1) is 0 Å². The van der Waals surface area contributed by atoms with Crippen molar-refractivity contribution in [3.63, 3.8) is 0 Å². The van der Waals surface area contributed by atoms with Crippen molar-refractivity contribution >= 4 is 41.7 Å². The minimum Gasteiger partial charge on any atom is -0.0827 e. The molecule has 0 aliphatic rings. The van der Waals surface area contributed by atoms with Crippen LogP contribution in [-0.4, -0.2) is 0 Å². The molecule has 0 saturated heterocycles. The first kappa shape index (κ1) is 6.65. The number of hydrogen-bond acceptors (Lipinski definition) is 2. The Morgan fingerprint density at radius 2 is 1.90 bits per heavy atom. The molecular formula is C7H5ClS2. The van der Waals surface area contributed by atoms with Gasteiger partial charge in [0.2, 0.25) is 0 Å². The average molecular weight is 189 g/mol. The second kappa shape index (κ2) is 2.22. The molecule has 1 aromatic carbocycles. The monoisotopic (exact) mass is 188 g/mol. The Morgan fingerprint density at radius 1 is 1.20 bits per heavy atom. The third kappa shape index (κ3) is 0.797. The summed E-state index contributed by atoms with van der Waals surface area (Å²) < 4.78 is 2.61. The maximum Gasteiger partial charge on any atom is 0.0746 e. The van der Waals surface area contributed by atoms with E-state index in [0.29, 0.717) is 0 Å². The van der Waals surface area contributed by atoms with E-state index < -0.39 is 0 Å². The van der Waals surface area contributed by atoms with E-state index in [1.165, 1.54) is 15.0 Å². The zero-order chi connectivity index (χ0) is 7.14. The Labute approximate surface area is 71.4 Å². The van der Waals surface area contributed by atoms with Crippen molar-refractivity contribution in [2.45, 2.75) is 6.92 Å². The van der Waals surface area contributed by atoms with Gasteiger partial charge >= 0.3 is 0 Å². The summed E-state index contributed by atoms with van der Waals surface area (Å²) in [7, 11) is 3.56. The van der Waals surface area contributed by atoms with E-state index in [4.69, 9.17) is 11.6 Å². The van der Waals surface area contributed by atoms with Crippen LogP contribution in [0.25, 0.3) is 9.40 Å². The molecule has 2 aromatic rings. The lowest BCUT2D eigenvalue weighted by molar-refractivity contribution is 1.56. The van der Waals surface area contributed by atoms with Crippen LogP contribution >= 0.6 is 32.3 Å². The fraction of sp³-hybridized carbons (Fsp3) is 0.143. The molecule has 0 aliphatic heterocycles. The Balaban J connectivity index is 2.85. The number of fused-ring (bicyclic) bond motifs is 1. The van der Waals surface area contributed by atoms with Gasteiger partial charge < -0.3 is 0 Å². The Kier molecular flexibility index (Phi) is 1.48. The number of rotatable bonds is 0. The summed E-state index contributed by atoms with van der Waals surface area (Å²) in [5.41, 5.74) is 1.34. The van der Waals surface area contributed by atoms with E-state index in [9.17, 15) is 0 Å². The lowest BCUT2D eigenvalue weighted by Gasteiger charge is -2.03. The standard InChI is InChI=1S/C7H5ClS2/c1-4-2-3-5(8)7-6(4)9-10-7/h2-3H,1H3. The Hall–Kier alpha value is -0.0500.